The average molecular weight is 485 g/mol. The molecule has 2 aromatic carbocycles. The SMILES string of the molecule is O=C(/C=C/c1ccc(-c2ccc(Cl)cc2Cl)o1)NC(=S)Nc1ccc2oc(=O)ccc2c1. The van der Waals surface area contributed by atoms with Crippen LogP contribution in [0.5, 0.6) is 0 Å². The van der Waals surface area contributed by atoms with Crippen LogP contribution in [0.25, 0.3) is 28.4 Å². The molecule has 1 amide bonds. The van der Waals surface area contributed by atoms with Crippen molar-refractivity contribution in [2.24, 2.45) is 0 Å². The van der Waals surface area contributed by atoms with Crippen molar-refractivity contribution in [2.75, 3.05) is 5.32 Å². The number of hydrogen-bond donors (Lipinski definition) is 2. The Kier molecular flexibility index (Phi) is 6.41. The quantitative estimate of drug-likeness (QED) is 0.213. The van der Waals surface area contributed by atoms with Crippen molar-refractivity contribution in [2.45, 2.75) is 0 Å². The van der Waals surface area contributed by atoms with Gasteiger partial charge >= 0.3 is 5.63 Å². The summed E-state index contributed by atoms with van der Waals surface area (Å²) in [6.45, 7) is 0. The van der Waals surface area contributed by atoms with E-state index in [-0.39, 0.29) is 5.11 Å². The zero-order chi connectivity index (χ0) is 22.7. The first-order valence-electron chi connectivity index (χ1n) is 9.26. The number of benzene rings is 2. The molecule has 4 rings (SSSR count). The largest absolute Gasteiger partial charge is 0.457 e. The van der Waals surface area contributed by atoms with Gasteiger partial charge in [0, 0.05) is 33.8 Å². The van der Waals surface area contributed by atoms with Gasteiger partial charge in [0.2, 0.25) is 5.91 Å². The Bertz CT molecular complexity index is 1430. The maximum absolute atomic E-state index is 12.2. The Morgan fingerprint density at radius 1 is 0.969 bits per heavy atom. The Balaban J connectivity index is 1.37. The number of hydrogen-bond acceptors (Lipinski definition) is 5. The van der Waals surface area contributed by atoms with Gasteiger partial charge in [-0.15, -0.1) is 0 Å². The van der Waals surface area contributed by atoms with E-state index in [1.54, 1.807) is 54.6 Å². The van der Waals surface area contributed by atoms with Crippen LogP contribution < -0.4 is 16.3 Å². The molecule has 2 heterocycles. The molecule has 0 aliphatic rings. The van der Waals surface area contributed by atoms with Crippen LogP contribution in [0.1, 0.15) is 5.76 Å². The van der Waals surface area contributed by atoms with Crippen LogP contribution in [0.4, 0.5) is 5.69 Å². The van der Waals surface area contributed by atoms with Crippen molar-refractivity contribution in [1.82, 2.24) is 5.32 Å². The van der Waals surface area contributed by atoms with Gasteiger partial charge < -0.3 is 14.2 Å². The summed E-state index contributed by atoms with van der Waals surface area (Å²) in [6.07, 6.45) is 2.82. The maximum atomic E-state index is 12.2. The lowest BCUT2D eigenvalue weighted by Gasteiger charge is -2.08. The molecule has 0 aliphatic heterocycles. The predicted molar refractivity (Wildman–Crippen MR) is 130 cm³/mol. The van der Waals surface area contributed by atoms with Gasteiger partial charge in [0.15, 0.2) is 5.11 Å². The molecule has 0 radical (unpaired) electrons. The first-order valence-corrected chi connectivity index (χ1v) is 10.4. The Morgan fingerprint density at radius 2 is 1.81 bits per heavy atom. The fraction of sp³-hybridized carbons (Fsp3) is 0. The van der Waals surface area contributed by atoms with E-state index < -0.39 is 11.5 Å². The number of rotatable bonds is 4. The molecule has 2 N–H and O–H groups in total. The fourth-order valence-electron chi connectivity index (χ4n) is 2.90. The molecule has 2 aromatic heterocycles. The van der Waals surface area contributed by atoms with Gasteiger partial charge in [0.1, 0.15) is 17.1 Å². The molecule has 0 aliphatic carbocycles. The number of carbonyl (C=O) groups excluding carboxylic acids is 1. The minimum atomic E-state index is -0.434. The highest BCUT2D eigenvalue weighted by atomic mass is 35.5. The van der Waals surface area contributed by atoms with Gasteiger partial charge in [-0.05, 0) is 72.9 Å². The molecule has 0 saturated heterocycles. The van der Waals surface area contributed by atoms with E-state index >= 15 is 0 Å². The average Bonchev–Trinajstić information content (AvgIpc) is 3.21. The smallest absolute Gasteiger partial charge is 0.336 e. The lowest BCUT2D eigenvalue weighted by molar-refractivity contribution is -0.115. The highest BCUT2D eigenvalue weighted by Gasteiger charge is 2.09. The Hall–Kier alpha value is -3.39. The van der Waals surface area contributed by atoms with E-state index in [0.29, 0.717) is 38.4 Å². The lowest BCUT2D eigenvalue weighted by Crippen LogP contribution is -2.32. The molecular weight excluding hydrogens is 471 g/mol. The third kappa shape index (κ3) is 5.26. The zero-order valence-corrected chi connectivity index (χ0v) is 18.6. The molecule has 32 heavy (non-hydrogen) atoms. The van der Waals surface area contributed by atoms with Crippen LogP contribution in [0.2, 0.25) is 10.0 Å². The van der Waals surface area contributed by atoms with Crippen LogP contribution in [-0.2, 0) is 4.79 Å². The Labute approximate surface area is 197 Å². The number of halogens is 2. The van der Waals surface area contributed by atoms with Crippen molar-refractivity contribution in [3.05, 3.63) is 93.0 Å². The summed E-state index contributed by atoms with van der Waals surface area (Å²) in [5, 5.41) is 7.29. The summed E-state index contributed by atoms with van der Waals surface area (Å²) in [6, 6.07) is 16.6. The van der Waals surface area contributed by atoms with Crippen LogP contribution >= 0.6 is 35.4 Å². The summed E-state index contributed by atoms with van der Waals surface area (Å²) >= 11 is 17.3. The van der Waals surface area contributed by atoms with Gasteiger partial charge in [-0.3, -0.25) is 10.1 Å². The molecular formula is C23H14Cl2N2O4S. The standard InChI is InChI=1S/C23H14Cl2N2O4S/c24-14-2-6-17(18(25)12-14)20-8-4-16(30-20)5-9-21(28)27-23(32)26-15-3-7-19-13(11-15)1-10-22(29)31-19/h1-12H,(H2,26,27,28,32)/b9-5+. The zero-order valence-electron chi connectivity index (χ0n) is 16.2. The van der Waals surface area contributed by atoms with Crippen LogP contribution in [0.3, 0.4) is 0 Å². The van der Waals surface area contributed by atoms with Gasteiger partial charge in [0.05, 0.1) is 5.02 Å². The first kappa shape index (κ1) is 21.8. The topological polar surface area (TPSA) is 84.5 Å². The second kappa shape index (κ2) is 9.40. The van der Waals surface area contributed by atoms with Gasteiger partial charge in [-0.1, -0.05) is 23.2 Å². The molecule has 0 unspecified atom stereocenters. The summed E-state index contributed by atoms with van der Waals surface area (Å²) in [5.74, 6) is 0.587. The summed E-state index contributed by atoms with van der Waals surface area (Å²) in [4.78, 5) is 23.4. The van der Waals surface area contributed by atoms with Crippen molar-refractivity contribution >= 4 is 69.2 Å². The van der Waals surface area contributed by atoms with Crippen molar-refractivity contribution in [1.29, 1.82) is 0 Å². The number of carbonyl (C=O) groups is 1. The normalized spacial score (nSPS) is 11.1. The third-order valence-electron chi connectivity index (χ3n) is 4.34. The molecule has 0 fully saturated rings. The first-order chi connectivity index (χ1) is 15.4. The van der Waals surface area contributed by atoms with E-state index in [4.69, 9.17) is 44.3 Å². The summed E-state index contributed by atoms with van der Waals surface area (Å²) in [5.41, 5.74) is 1.36. The summed E-state index contributed by atoms with van der Waals surface area (Å²) in [7, 11) is 0. The van der Waals surface area contributed by atoms with Crippen LogP contribution in [0, 0.1) is 0 Å². The van der Waals surface area contributed by atoms with Crippen molar-refractivity contribution < 1.29 is 13.6 Å². The molecule has 4 aromatic rings. The van der Waals surface area contributed by atoms with E-state index in [1.165, 1.54) is 18.2 Å². The number of nitrogens with one attached hydrogen (secondary N) is 2. The van der Waals surface area contributed by atoms with Crippen molar-refractivity contribution in [3.63, 3.8) is 0 Å². The predicted octanol–water partition coefficient (Wildman–Crippen LogP) is 5.89. The molecule has 9 heteroatoms. The van der Waals surface area contributed by atoms with E-state index in [2.05, 4.69) is 10.6 Å². The molecule has 0 bridgehead atoms. The minimum absolute atomic E-state index is 0.115. The van der Waals surface area contributed by atoms with Crippen LogP contribution in [0.15, 0.2) is 80.4 Å². The Morgan fingerprint density at radius 3 is 2.62 bits per heavy atom. The van der Waals surface area contributed by atoms with E-state index in [9.17, 15) is 9.59 Å². The fourth-order valence-corrected chi connectivity index (χ4v) is 3.62. The van der Waals surface area contributed by atoms with Gasteiger partial charge in [-0.2, -0.15) is 0 Å². The second-order valence-electron chi connectivity index (χ2n) is 6.61. The van der Waals surface area contributed by atoms with Gasteiger partial charge in [-0.25, -0.2) is 4.79 Å². The highest BCUT2D eigenvalue weighted by Crippen LogP contribution is 2.31. The van der Waals surface area contributed by atoms with Crippen molar-refractivity contribution in [3.8, 4) is 11.3 Å². The second-order valence-corrected chi connectivity index (χ2v) is 7.86. The summed E-state index contributed by atoms with van der Waals surface area (Å²) < 4.78 is 10.8. The van der Waals surface area contributed by atoms with E-state index in [1.807, 2.05) is 0 Å². The highest BCUT2D eigenvalue weighted by molar-refractivity contribution is 7.80. The third-order valence-corrected chi connectivity index (χ3v) is 5.09. The van der Waals surface area contributed by atoms with Crippen LogP contribution in [-0.4, -0.2) is 11.0 Å². The molecule has 6 nitrogen and oxygen atoms in total. The molecule has 0 atom stereocenters. The monoisotopic (exact) mass is 484 g/mol. The number of thiocarbonyl (C=S) groups is 1. The number of fused-ring (bicyclic) bond motifs is 1. The number of anilines is 1. The maximum Gasteiger partial charge on any atom is 0.336 e. The molecule has 0 saturated carbocycles. The number of amides is 1. The van der Waals surface area contributed by atoms with E-state index in [0.717, 1.165) is 5.39 Å². The number of furan rings is 1. The molecule has 0 spiro atoms. The lowest BCUT2D eigenvalue weighted by atomic mass is 10.2. The van der Waals surface area contributed by atoms with Gasteiger partial charge in [0.25, 0.3) is 0 Å². The minimum Gasteiger partial charge on any atom is -0.457 e. The molecule has 160 valence electrons.